The van der Waals surface area contributed by atoms with E-state index in [2.05, 4.69) is 5.92 Å². The van der Waals surface area contributed by atoms with Crippen LogP contribution >= 0.6 is 0 Å². The Morgan fingerprint density at radius 3 is 2.57 bits per heavy atom. The average Bonchev–Trinajstić information content (AvgIpc) is 2.25. The highest BCUT2D eigenvalue weighted by molar-refractivity contribution is 5.34. The lowest BCUT2D eigenvalue weighted by Crippen LogP contribution is -1.96. The molecule has 0 atom stereocenters. The van der Waals surface area contributed by atoms with Crippen LogP contribution in [-0.2, 0) is 0 Å². The van der Waals surface area contributed by atoms with Crippen LogP contribution in [0.1, 0.15) is 18.4 Å². The fourth-order valence-corrected chi connectivity index (χ4v) is 0.990. The molecule has 0 heterocycles. The van der Waals surface area contributed by atoms with Crippen molar-refractivity contribution >= 4 is 0 Å². The second-order valence-corrected chi connectivity index (χ2v) is 2.79. The van der Waals surface area contributed by atoms with Gasteiger partial charge in [0.2, 0.25) is 0 Å². The second kappa shape index (κ2) is 5.67. The Morgan fingerprint density at radius 1 is 1.29 bits per heavy atom. The van der Waals surface area contributed by atoms with Gasteiger partial charge < -0.3 is 4.74 Å². The van der Waals surface area contributed by atoms with Crippen molar-refractivity contribution in [3.05, 3.63) is 29.8 Å². The van der Waals surface area contributed by atoms with E-state index in [1.165, 1.54) is 0 Å². The summed E-state index contributed by atoms with van der Waals surface area (Å²) in [6.45, 7) is 0.621. The van der Waals surface area contributed by atoms with Gasteiger partial charge in [-0.1, -0.05) is 0 Å². The first kappa shape index (κ1) is 10.2. The van der Waals surface area contributed by atoms with Crippen LogP contribution in [0.4, 0.5) is 0 Å². The van der Waals surface area contributed by atoms with Crippen LogP contribution in [0.25, 0.3) is 0 Å². The summed E-state index contributed by atoms with van der Waals surface area (Å²) in [5.41, 5.74) is 0.640. The molecular formula is C12H11NO. The summed E-state index contributed by atoms with van der Waals surface area (Å²) >= 11 is 0. The summed E-state index contributed by atoms with van der Waals surface area (Å²) < 4.78 is 5.40. The third-order valence-electron chi connectivity index (χ3n) is 1.72. The van der Waals surface area contributed by atoms with Crippen molar-refractivity contribution in [2.75, 3.05) is 6.61 Å². The van der Waals surface area contributed by atoms with E-state index in [0.717, 1.165) is 18.6 Å². The van der Waals surface area contributed by atoms with Gasteiger partial charge in [-0.15, -0.1) is 12.3 Å². The number of terminal acetylenes is 1. The Kier molecular flexibility index (Phi) is 4.11. The molecule has 0 radical (unpaired) electrons. The molecule has 2 heteroatoms. The SMILES string of the molecule is C#CCCCOc1ccc(C#N)cc1. The topological polar surface area (TPSA) is 33.0 Å². The molecule has 0 aliphatic heterocycles. The third kappa shape index (κ3) is 3.21. The number of nitriles is 1. The Labute approximate surface area is 84.1 Å². The smallest absolute Gasteiger partial charge is 0.119 e. The van der Waals surface area contributed by atoms with Gasteiger partial charge in [0, 0.05) is 6.42 Å². The number of hydrogen-bond acceptors (Lipinski definition) is 2. The maximum Gasteiger partial charge on any atom is 0.119 e. The van der Waals surface area contributed by atoms with Crippen LogP contribution in [0.5, 0.6) is 5.75 Å². The molecule has 0 fully saturated rings. The fourth-order valence-electron chi connectivity index (χ4n) is 0.990. The lowest BCUT2D eigenvalue weighted by Gasteiger charge is -2.03. The summed E-state index contributed by atoms with van der Waals surface area (Å²) in [7, 11) is 0. The first-order chi connectivity index (χ1) is 6.86. The van der Waals surface area contributed by atoms with Gasteiger partial charge in [0.05, 0.1) is 18.2 Å². The van der Waals surface area contributed by atoms with Crippen LogP contribution in [0, 0.1) is 23.7 Å². The molecule has 1 aromatic rings. The molecule has 0 aliphatic carbocycles. The molecular weight excluding hydrogens is 174 g/mol. The Bertz CT molecular complexity index is 353. The number of hydrogen-bond donors (Lipinski definition) is 0. The third-order valence-corrected chi connectivity index (χ3v) is 1.72. The van der Waals surface area contributed by atoms with Crippen LogP contribution < -0.4 is 4.74 Å². The van der Waals surface area contributed by atoms with Crippen molar-refractivity contribution in [3.63, 3.8) is 0 Å². The van der Waals surface area contributed by atoms with E-state index in [4.69, 9.17) is 16.4 Å². The zero-order chi connectivity index (χ0) is 10.2. The molecule has 70 valence electrons. The fraction of sp³-hybridized carbons (Fsp3) is 0.250. The van der Waals surface area contributed by atoms with E-state index < -0.39 is 0 Å². The minimum atomic E-state index is 0.621. The molecule has 0 amide bonds. The zero-order valence-electron chi connectivity index (χ0n) is 7.86. The van der Waals surface area contributed by atoms with Crippen LogP contribution in [-0.4, -0.2) is 6.61 Å². The van der Waals surface area contributed by atoms with Gasteiger partial charge in [-0.3, -0.25) is 0 Å². The highest BCUT2D eigenvalue weighted by atomic mass is 16.5. The summed E-state index contributed by atoms with van der Waals surface area (Å²) in [5, 5.41) is 8.56. The van der Waals surface area contributed by atoms with Crippen LogP contribution in [0.3, 0.4) is 0 Å². The van der Waals surface area contributed by atoms with Crippen molar-refractivity contribution in [1.82, 2.24) is 0 Å². The number of unbranched alkanes of at least 4 members (excludes halogenated alkanes) is 1. The van der Waals surface area contributed by atoms with E-state index in [-0.39, 0.29) is 0 Å². The Balaban J connectivity index is 2.38. The monoisotopic (exact) mass is 185 g/mol. The maximum absolute atomic E-state index is 8.56. The van der Waals surface area contributed by atoms with Crippen molar-refractivity contribution < 1.29 is 4.74 Å². The van der Waals surface area contributed by atoms with Crippen molar-refractivity contribution in [2.45, 2.75) is 12.8 Å². The highest BCUT2D eigenvalue weighted by Gasteiger charge is 1.93. The molecule has 1 aromatic carbocycles. The molecule has 0 N–H and O–H groups in total. The predicted molar refractivity (Wildman–Crippen MR) is 54.7 cm³/mol. The Morgan fingerprint density at radius 2 is 2.00 bits per heavy atom. The predicted octanol–water partition coefficient (Wildman–Crippen LogP) is 2.35. The quantitative estimate of drug-likeness (QED) is 0.533. The molecule has 0 saturated carbocycles. The minimum absolute atomic E-state index is 0.621. The molecule has 14 heavy (non-hydrogen) atoms. The van der Waals surface area contributed by atoms with E-state index in [1.807, 2.05) is 6.07 Å². The molecule has 0 aliphatic rings. The molecule has 0 bridgehead atoms. The number of benzene rings is 1. The highest BCUT2D eigenvalue weighted by Crippen LogP contribution is 2.11. The molecule has 0 spiro atoms. The standard InChI is InChI=1S/C12H11NO/c1-2-3-4-9-14-12-7-5-11(10-13)6-8-12/h1,5-8H,3-4,9H2. The molecule has 0 aromatic heterocycles. The van der Waals surface area contributed by atoms with Crippen LogP contribution in [0.2, 0.25) is 0 Å². The second-order valence-electron chi connectivity index (χ2n) is 2.79. The van der Waals surface area contributed by atoms with E-state index in [9.17, 15) is 0 Å². The lowest BCUT2D eigenvalue weighted by atomic mass is 10.2. The van der Waals surface area contributed by atoms with Crippen LogP contribution in [0.15, 0.2) is 24.3 Å². The zero-order valence-corrected chi connectivity index (χ0v) is 7.86. The van der Waals surface area contributed by atoms with E-state index in [1.54, 1.807) is 24.3 Å². The van der Waals surface area contributed by atoms with Gasteiger partial charge in [-0.05, 0) is 30.7 Å². The number of ether oxygens (including phenoxy) is 1. The van der Waals surface area contributed by atoms with Gasteiger partial charge >= 0.3 is 0 Å². The normalized spacial score (nSPS) is 8.71. The maximum atomic E-state index is 8.56. The molecule has 2 nitrogen and oxygen atoms in total. The largest absolute Gasteiger partial charge is 0.494 e. The van der Waals surface area contributed by atoms with Gasteiger partial charge in [-0.2, -0.15) is 5.26 Å². The minimum Gasteiger partial charge on any atom is -0.494 e. The summed E-state index contributed by atoms with van der Waals surface area (Å²) in [4.78, 5) is 0. The molecule has 1 rings (SSSR count). The number of rotatable bonds is 4. The first-order valence-corrected chi connectivity index (χ1v) is 4.43. The van der Waals surface area contributed by atoms with Gasteiger partial charge in [0.15, 0.2) is 0 Å². The van der Waals surface area contributed by atoms with E-state index in [0.29, 0.717) is 12.2 Å². The van der Waals surface area contributed by atoms with Gasteiger partial charge in [0.25, 0.3) is 0 Å². The first-order valence-electron chi connectivity index (χ1n) is 4.43. The molecule has 0 saturated heterocycles. The van der Waals surface area contributed by atoms with Crippen molar-refractivity contribution in [1.29, 1.82) is 5.26 Å². The van der Waals surface area contributed by atoms with Gasteiger partial charge in [-0.25, -0.2) is 0 Å². The average molecular weight is 185 g/mol. The van der Waals surface area contributed by atoms with Crippen molar-refractivity contribution in [2.24, 2.45) is 0 Å². The summed E-state index contributed by atoms with van der Waals surface area (Å²) in [6, 6.07) is 9.09. The summed E-state index contributed by atoms with van der Waals surface area (Å²) in [5.74, 6) is 3.33. The summed E-state index contributed by atoms with van der Waals surface area (Å²) in [6.07, 6.45) is 6.69. The van der Waals surface area contributed by atoms with E-state index >= 15 is 0 Å². The Hall–Kier alpha value is -1.93. The lowest BCUT2D eigenvalue weighted by molar-refractivity contribution is 0.313. The number of nitrogens with zero attached hydrogens (tertiary/aromatic N) is 1. The van der Waals surface area contributed by atoms with Gasteiger partial charge in [0.1, 0.15) is 5.75 Å². The molecule has 0 unspecified atom stereocenters. The van der Waals surface area contributed by atoms with Crippen molar-refractivity contribution in [3.8, 4) is 24.2 Å².